The molecule has 2 aromatic carbocycles. The van der Waals surface area contributed by atoms with Gasteiger partial charge in [-0.15, -0.1) is 0 Å². The largest absolute Gasteiger partial charge is 0.461 e. The molecule has 0 saturated carbocycles. The molecular formula is C18H18O4S. The number of ether oxygens (including phenoxy) is 2. The van der Waals surface area contributed by atoms with Gasteiger partial charge in [-0.2, -0.15) is 12.6 Å². The molecule has 0 aliphatic rings. The quantitative estimate of drug-likeness (QED) is 0.626. The van der Waals surface area contributed by atoms with Crippen LogP contribution in [0.3, 0.4) is 0 Å². The fourth-order valence-corrected chi connectivity index (χ4v) is 2.09. The molecule has 1 atom stereocenters. The number of carbonyl (C=O) groups is 2. The van der Waals surface area contributed by atoms with Crippen LogP contribution in [-0.2, 0) is 32.3 Å². The molecule has 120 valence electrons. The number of hydrogen-bond donors (Lipinski definition) is 1. The lowest BCUT2D eigenvalue weighted by Crippen LogP contribution is -2.22. The zero-order chi connectivity index (χ0) is 16.5. The summed E-state index contributed by atoms with van der Waals surface area (Å²) in [6.45, 7) is 0.342. The molecule has 0 fully saturated rings. The Bertz CT molecular complexity index is 628. The Morgan fingerprint density at radius 3 is 1.83 bits per heavy atom. The minimum absolute atomic E-state index is 0.121. The van der Waals surface area contributed by atoms with Crippen molar-refractivity contribution in [1.82, 2.24) is 0 Å². The van der Waals surface area contributed by atoms with Gasteiger partial charge >= 0.3 is 11.9 Å². The first-order valence-corrected chi connectivity index (χ1v) is 7.75. The topological polar surface area (TPSA) is 52.6 Å². The van der Waals surface area contributed by atoms with Gasteiger partial charge in [-0.1, -0.05) is 60.7 Å². The molecule has 0 aliphatic carbocycles. The van der Waals surface area contributed by atoms with Crippen LogP contribution in [-0.4, -0.2) is 17.2 Å². The molecule has 1 unspecified atom stereocenters. The van der Waals surface area contributed by atoms with E-state index in [9.17, 15) is 9.59 Å². The highest BCUT2D eigenvalue weighted by Gasteiger charge is 2.20. The Balaban J connectivity index is 1.71. The average Bonchev–Trinajstić information content (AvgIpc) is 2.59. The van der Waals surface area contributed by atoms with E-state index >= 15 is 0 Å². The minimum Gasteiger partial charge on any atom is -0.461 e. The molecule has 0 saturated heterocycles. The maximum Gasteiger partial charge on any atom is 0.319 e. The van der Waals surface area contributed by atoms with Crippen molar-refractivity contribution in [3.8, 4) is 0 Å². The van der Waals surface area contributed by atoms with Gasteiger partial charge in [0.1, 0.15) is 18.5 Å². The van der Waals surface area contributed by atoms with E-state index in [-0.39, 0.29) is 19.6 Å². The second-order valence-corrected chi connectivity index (χ2v) is 5.58. The second-order valence-electron chi connectivity index (χ2n) is 4.96. The van der Waals surface area contributed by atoms with Gasteiger partial charge in [0.2, 0.25) is 0 Å². The van der Waals surface area contributed by atoms with Crippen LogP contribution in [0.25, 0.3) is 0 Å². The number of benzene rings is 2. The zero-order valence-electron chi connectivity index (χ0n) is 12.6. The number of carbonyl (C=O) groups excluding carboxylic acids is 2. The highest BCUT2D eigenvalue weighted by molar-refractivity contribution is 7.81. The Hall–Kier alpha value is -2.27. The van der Waals surface area contributed by atoms with E-state index in [1.165, 1.54) is 0 Å². The molecular weight excluding hydrogens is 312 g/mol. The number of thiol groups is 1. The Morgan fingerprint density at radius 1 is 0.826 bits per heavy atom. The van der Waals surface area contributed by atoms with Gasteiger partial charge in [-0.05, 0) is 11.1 Å². The highest BCUT2D eigenvalue weighted by atomic mass is 32.1. The van der Waals surface area contributed by atoms with Crippen LogP contribution in [0.15, 0.2) is 60.7 Å². The summed E-state index contributed by atoms with van der Waals surface area (Å²) in [5, 5.41) is -0.831. The van der Waals surface area contributed by atoms with E-state index in [0.29, 0.717) is 0 Å². The lowest BCUT2D eigenvalue weighted by molar-refractivity contribution is -0.151. The summed E-state index contributed by atoms with van der Waals surface area (Å²) in [6.07, 6.45) is -0.121. The fourth-order valence-electron chi connectivity index (χ4n) is 1.86. The van der Waals surface area contributed by atoms with Crippen LogP contribution < -0.4 is 0 Å². The van der Waals surface area contributed by atoms with Crippen molar-refractivity contribution in [3.63, 3.8) is 0 Å². The van der Waals surface area contributed by atoms with Crippen molar-refractivity contribution in [3.05, 3.63) is 71.8 Å². The van der Waals surface area contributed by atoms with Crippen LogP contribution in [0.4, 0.5) is 0 Å². The van der Waals surface area contributed by atoms with E-state index in [2.05, 4.69) is 12.6 Å². The first-order valence-electron chi connectivity index (χ1n) is 7.23. The molecule has 0 N–H and O–H groups in total. The van der Waals surface area contributed by atoms with Crippen LogP contribution in [0.2, 0.25) is 0 Å². The van der Waals surface area contributed by atoms with Crippen molar-refractivity contribution >= 4 is 24.6 Å². The fraction of sp³-hybridized carbons (Fsp3) is 0.222. The van der Waals surface area contributed by atoms with Gasteiger partial charge in [-0.25, -0.2) is 0 Å². The lowest BCUT2D eigenvalue weighted by Gasteiger charge is -2.11. The smallest absolute Gasteiger partial charge is 0.319 e. The molecule has 0 amide bonds. The monoisotopic (exact) mass is 330 g/mol. The molecule has 5 heteroatoms. The molecule has 2 rings (SSSR count). The molecule has 0 spiro atoms. The Labute approximate surface area is 140 Å². The van der Waals surface area contributed by atoms with Gasteiger partial charge in [0.15, 0.2) is 0 Å². The predicted molar refractivity (Wildman–Crippen MR) is 89.9 cm³/mol. The molecule has 0 heterocycles. The van der Waals surface area contributed by atoms with Gasteiger partial charge < -0.3 is 9.47 Å². The average molecular weight is 330 g/mol. The molecule has 0 bridgehead atoms. The van der Waals surface area contributed by atoms with E-state index in [4.69, 9.17) is 9.47 Å². The minimum atomic E-state index is -0.831. The lowest BCUT2D eigenvalue weighted by atomic mass is 10.2. The predicted octanol–water partition coefficient (Wildman–Crippen LogP) is 3.16. The van der Waals surface area contributed by atoms with Gasteiger partial charge in [0.25, 0.3) is 0 Å². The van der Waals surface area contributed by atoms with Crippen molar-refractivity contribution in [2.45, 2.75) is 24.9 Å². The highest BCUT2D eigenvalue weighted by Crippen LogP contribution is 2.10. The van der Waals surface area contributed by atoms with E-state index < -0.39 is 17.2 Å². The molecule has 4 nitrogen and oxygen atoms in total. The van der Waals surface area contributed by atoms with Crippen LogP contribution in [0.1, 0.15) is 17.5 Å². The van der Waals surface area contributed by atoms with E-state index in [1.807, 2.05) is 60.7 Å². The standard InChI is InChI=1S/C18H18O4S/c19-17(21-12-14-7-3-1-4-8-14)11-16(23)18(20)22-13-15-9-5-2-6-10-15/h1-10,16,23H,11-13H2. The normalized spacial score (nSPS) is 11.5. The second kappa shape index (κ2) is 9.00. The maximum absolute atomic E-state index is 11.8. The summed E-state index contributed by atoms with van der Waals surface area (Å²) < 4.78 is 10.2. The van der Waals surface area contributed by atoms with Gasteiger partial charge in [0, 0.05) is 0 Å². The van der Waals surface area contributed by atoms with E-state index in [1.54, 1.807) is 0 Å². The maximum atomic E-state index is 11.8. The van der Waals surface area contributed by atoms with Crippen molar-refractivity contribution in [1.29, 1.82) is 0 Å². The number of esters is 2. The van der Waals surface area contributed by atoms with Crippen LogP contribution in [0.5, 0.6) is 0 Å². The Kier molecular flexibility index (Phi) is 6.69. The molecule has 2 aromatic rings. The summed E-state index contributed by atoms with van der Waals surface area (Å²) in [5.74, 6) is -1.01. The summed E-state index contributed by atoms with van der Waals surface area (Å²) in [4.78, 5) is 23.5. The first kappa shape index (κ1) is 17.1. The molecule has 0 aromatic heterocycles. The summed E-state index contributed by atoms with van der Waals surface area (Å²) in [7, 11) is 0. The third kappa shape index (κ3) is 6.16. The van der Waals surface area contributed by atoms with Gasteiger partial charge in [-0.3, -0.25) is 9.59 Å². The van der Waals surface area contributed by atoms with Crippen LogP contribution >= 0.6 is 12.6 Å². The third-order valence-corrected chi connectivity index (χ3v) is 3.49. The van der Waals surface area contributed by atoms with Gasteiger partial charge in [0.05, 0.1) is 6.42 Å². The molecule has 23 heavy (non-hydrogen) atoms. The molecule has 0 aliphatic heterocycles. The zero-order valence-corrected chi connectivity index (χ0v) is 13.4. The first-order chi connectivity index (χ1) is 11.1. The number of hydrogen-bond acceptors (Lipinski definition) is 5. The number of rotatable bonds is 7. The molecule has 0 radical (unpaired) electrons. The Morgan fingerprint density at radius 2 is 1.30 bits per heavy atom. The summed E-state index contributed by atoms with van der Waals surface area (Å²) >= 11 is 4.12. The third-order valence-electron chi connectivity index (χ3n) is 3.10. The van der Waals surface area contributed by atoms with E-state index in [0.717, 1.165) is 11.1 Å². The van der Waals surface area contributed by atoms with Crippen molar-refractivity contribution in [2.75, 3.05) is 0 Å². The summed E-state index contributed by atoms with van der Waals surface area (Å²) in [6, 6.07) is 18.7. The van der Waals surface area contributed by atoms with Crippen LogP contribution in [0, 0.1) is 0 Å². The van der Waals surface area contributed by atoms with Crippen molar-refractivity contribution < 1.29 is 19.1 Å². The SMILES string of the molecule is O=C(CC(S)C(=O)OCc1ccccc1)OCc1ccccc1. The summed E-state index contributed by atoms with van der Waals surface area (Å²) in [5.41, 5.74) is 1.77. The van der Waals surface area contributed by atoms with Crippen molar-refractivity contribution in [2.24, 2.45) is 0 Å².